The minimum Gasteiger partial charge on any atom is -0.478 e. The Morgan fingerprint density at radius 2 is 2.19 bits per heavy atom. The predicted molar refractivity (Wildman–Crippen MR) is 66.2 cm³/mol. The van der Waals surface area contributed by atoms with Gasteiger partial charge in [-0.25, -0.2) is 9.78 Å². The number of aromatic nitrogens is 1. The first-order chi connectivity index (χ1) is 7.41. The molecular weight excluding hydrogens is 222 g/mol. The van der Waals surface area contributed by atoms with Gasteiger partial charge < -0.3 is 5.11 Å². The lowest BCUT2D eigenvalue weighted by atomic mass is 10.1. The largest absolute Gasteiger partial charge is 0.478 e. The Hall–Kier alpha value is -1.29. The second-order valence-corrected chi connectivity index (χ2v) is 4.78. The summed E-state index contributed by atoms with van der Waals surface area (Å²) < 4.78 is 0. The minimum atomic E-state index is -0.922. The Kier molecular flexibility index (Phi) is 4.12. The van der Waals surface area contributed by atoms with E-state index in [2.05, 4.69) is 11.6 Å². The first-order valence-corrected chi connectivity index (χ1v) is 5.89. The van der Waals surface area contributed by atoms with Crippen molar-refractivity contribution in [2.75, 3.05) is 5.75 Å². The highest BCUT2D eigenvalue weighted by atomic mass is 32.2. The molecule has 16 heavy (non-hydrogen) atoms. The van der Waals surface area contributed by atoms with Crippen LogP contribution in [0.25, 0.3) is 0 Å². The highest BCUT2D eigenvalue weighted by molar-refractivity contribution is 7.99. The average molecular weight is 237 g/mol. The standard InChI is InChI=1S/C12H15NO2S/c1-7(2)6-16-11-10(12(14)15)8(3)5-9(4)13-11/h5H,1,6H2,2-4H3,(H,14,15). The number of hydrogen-bond acceptors (Lipinski definition) is 3. The molecule has 0 aliphatic carbocycles. The Morgan fingerprint density at radius 3 is 2.69 bits per heavy atom. The molecule has 1 N–H and O–H groups in total. The van der Waals surface area contributed by atoms with Crippen molar-refractivity contribution in [3.8, 4) is 0 Å². The van der Waals surface area contributed by atoms with Crippen molar-refractivity contribution >= 4 is 17.7 Å². The van der Waals surface area contributed by atoms with Crippen LogP contribution in [-0.4, -0.2) is 21.8 Å². The highest BCUT2D eigenvalue weighted by Crippen LogP contribution is 2.25. The van der Waals surface area contributed by atoms with Crippen molar-refractivity contribution in [2.24, 2.45) is 0 Å². The summed E-state index contributed by atoms with van der Waals surface area (Å²) in [5, 5.41) is 9.70. The molecule has 0 aromatic carbocycles. The Morgan fingerprint density at radius 1 is 1.56 bits per heavy atom. The van der Waals surface area contributed by atoms with Crippen molar-refractivity contribution in [3.05, 3.63) is 35.0 Å². The van der Waals surface area contributed by atoms with Gasteiger partial charge in [-0.1, -0.05) is 12.2 Å². The Labute approximate surface area is 99.6 Å². The third kappa shape index (κ3) is 3.10. The van der Waals surface area contributed by atoms with Crippen LogP contribution < -0.4 is 0 Å². The van der Waals surface area contributed by atoms with Gasteiger partial charge in [0, 0.05) is 11.4 Å². The summed E-state index contributed by atoms with van der Waals surface area (Å²) in [5.74, 6) is -0.231. The molecule has 0 radical (unpaired) electrons. The molecule has 4 heteroatoms. The fourth-order valence-electron chi connectivity index (χ4n) is 1.36. The zero-order chi connectivity index (χ0) is 12.3. The van der Waals surface area contributed by atoms with E-state index in [9.17, 15) is 4.79 Å². The van der Waals surface area contributed by atoms with Crippen LogP contribution in [0, 0.1) is 13.8 Å². The van der Waals surface area contributed by atoms with Gasteiger partial charge in [-0.15, -0.1) is 11.8 Å². The molecule has 1 aromatic heterocycles. The summed E-state index contributed by atoms with van der Waals surface area (Å²) in [6.45, 7) is 9.37. The molecule has 0 spiro atoms. The fourth-order valence-corrected chi connectivity index (χ4v) is 2.34. The van der Waals surface area contributed by atoms with Gasteiger partial charge in [-0.3, -0.25) is 0 Å². The summed E-state index contributed by atoms with van der Waals surface area (Å²) >= 11 is 1.42. The van der Waals surface area contributed by atoms with E-state index in [4.69, 9.17) is 5.11 Å². The molecule has 0 bridgehead atoms. The lowest BCUT2D eigenvalue weighted by molar-refractivity contribution is 0.0691. The normalized spacial score (nSPS) is 10.2. The molecule has 1 heterocycles. The van der Waals surface area contributed by atoms with Gasteiger partial charge in [0.25, 0.3) is 0 Å². The Bertz CT molecular complexity index is 441. The number of aromatic carboxylic acids is 1. The molecule has 0 aliphatic rings. The van der Waals surface area contributed by atoms with Crippen LogP contribution >= 0.6 is 11.8 Å². The summed E-state index contributed by atoms with van der Waals surface area (Å²) in [7, 11) is 0. The lowest BCUT2D eigenvalue weighted by Gasteiger charge is -2.09. The first-order valence-electron chi connectivity index (χ1n) is 4.90. The number of hydrogen-bond donors (Lipinski definition) is 1. The van der Waals surface area contributed by atoms with Crippen molar-refractivity contribution < 1.29 is 9.90 Å². The number of thioether (sulfide) groups is 1. The third-order valence-corrected chi connectivity index (χ3v) is 3.19. The second kappa shape index (κ2) is 5.16. The molecule has 0 saturated heterocycles. The van der Waals surface area contributed by atoms with E-state index in [0.29, 0.717) is 16.3 Å². The molecule has 1 rings (SSSR count). The van der Waals surface area contributed by atoms with Gasteiger partial charge in [-0.2, -0.15) is 0 Å². The Balaban J connectivity index is 3.13. The number of nitrogens with zero attached hydrogens (tertiary/aromatic N) is 1. The van der Waals surface area contributed by atoms with E-state index in [1.807, 2.05) is 13.8 Å². The summed E-state index contributed by atoms with van der Waals surface area (Å²) in [6.07, 6.45) is 0. The molecule has 0 fully saturated rings. The molecule has 0 unspecified atom stereocenters. The summed E-state index contributed by atoms with van der Waals surface area (Å²) in [6, 6.07) is 1.79. The van der Waals surface area contributed by atoms with Crippen LogP contribution in [0.2, 0.25) is 0 Å². The van der Waals surface area contributed by atoms with Crippen molar-refractivity contribution in [1.82, 2.24) is 4.98 Å². The van der Waals surface area contributed by atoms with Crippen LogP contribution in [0.4, 0.5) is 0 Å². The zero-order valence-corrected chi connectivity index (χ0v) is 10.5. The van der Waals surface area contributed by atoms with Gasteiger partial charge in [0.15, 0.2) is 0 Å². The number of pyridine rings is 1. The number of rotatable bonds is 4. The van der Waals surface area contributed by atoms with E-state index in [-0.39, 0.29) is 0 Å². The maximum absolute atomic E-state index is 11.1. The fraction of sp³-hybridized carbons (Fsp3) is 0.333. The number of carbonyl (C=O) groups is 1. The number of carboxylic acids is 1. The molecular formula is C12H15NO2S. The molecule has 86 valence electrons. The molecule has 0 amide bonds. The van der Waals surface area contributed by atoms with E-state index < -0.39 is 5.97 Å². The SMILES string of the molecule is C=C(C)CSc1nc(C)cc(C)c1C(=O)O. The molecule has 3 nitrogen and oxygen atoms in total. The van der Waals surface area contributed by atoms with E-state index in [0.717, 1.165) is 16.8 Å². The van der Waals surface area contributed by atoms with Crippen molar-refractivity contribution in [1.29, 1.82) is 0 Å². The molecule has 1 aromatic rings. The van der Waals surface area contributed by atoms with Gasteiger partial charge in [0.05, 0.1) is 5.56 Å². The van der Waals surface area contributed by atoms with Gasteiger partial charge in [0.2, 0.25) is 0 Å². The topological polar surface area (TPSA) is 50.2 Å². The molecule has 0 atom stereocenters. The molecule has 0 aliphatic heterocycles. The first kappa shape index (κ1) is 12.8. The second-order valence-electron chi connectivity index (χ2n) is 3.81. The summed E-state index contributed by atoms with van der Waals surface area (Å²) in [4.78, 5) is 15.4. The van der Waals surface area contributed by atoms with Crippen LogP contribution in [0.1, 0.15) is 28.5 Å². The van der Waals surface area contributed by atoms with Crippen molar-refractivity contribution in [3.63, 3.8) is 0 Å². The van der Waals surface area contributed by atoms with Crippen LogP contribution in [0.3, 0.4) is 0 Å². The summed E-state index contributed by atoms with van der Waals surface area (Å²) in [5.41, 5.74) is 2.90. The maximum Gasteiger partial charge on any atom is 0.338 e. The van der Waals surface area contributed by atoms with Gasteiger partial charge in [-0.05, 0) is 32.4 Å². The van der Waals surface area contributed by atoms with Crippen LogP contribution in [-0.2, 0) is 0 Å². The predicted octanol–water partition coefficient (Wildman–Crippen LogP) is 3.06. The quantitative estimate of drug-likeness (QED) is 0.646. The van der Waals surface area contributed by atoms with Gasteiger partial charge >= 0.3 is 5.97 Å². The van der Waals surface area contributed by atoms with E-state index in [1.165, 1.54) is 11.8 Å². The van der Waals surface area contributed by atoms with Gasteiger partial charge in [0.1, 0.15) is 5.03 Å². The lowest BCUT2D eigenvalue weighted by Crippen LogP contribution is -2.05. The number of carboxylic acid groups (broad SMARTS) is 1. The smallest absolute Gasteiger partial charge is 0.338 e. The van der Waals surface area contributed by atoms with Crippen LogP contribution in [0.15, 0.2) is 23.2 Å². The zero-order valence-electron chi connectivity index (χ0n) is 9.70. The van der Waals surface area contributed by atoms with E-state index in [1.54, 1.807) is 13.0 Å². The number of aryl methyl sites for hydroxylation is 2. The van der Waals surface area contributed by atoms with E-state index >= 15 is 0 Å². The highest BCUT2D eigenvalue weighted by Gasteiger charge is 2.15. The monoisotopic (exact) mass is 237 g/mol. The minimum absolute atomic E-state index is 0.303. The third-order valence-electron chi connectivity index (χ3n) is 1.98. The average Bonchev–Trinajstić information content (AvgIpc) is 2.12. The maximum atomic E-state index is 11.1. The van der Waals surface area contributed by atoms with Crippen LogP contribution in [0.5, 0.6) is 0 Å². The molecule has 0 saturated carbocycles. The van der Waals surface area contributed by atoms with Crippen molar-refractivity contribution in [2.45, 2.75) is 25.8 Å².